The van der Waals surface area contributed by atoms with E-state index in [4.69, 9.17) is 4.74 Å². The molecule has 2 heterocycles. The van der Waals surface area contributed by atoms with Crippen molar-refractivity contribution in [3.8, 4) is 0 Å². The molecule has 0 fully saturated rings. The summed E-state index contributed by atoms with van der Waals surface area (Å²) in [4.78, 5) is 19.1. The zero-order chi connectivity index (χ0) is 21.2. The highest BCUT2D eigenvalue weighted by Crippen LogP contribution is 2.41. The molecule has 1 aliphatic heterocycles. The summed E-state index contributed by atoms with van der Waals surface area (Å²) >= 11 is 0. The van der Waals surface area contributed by atoms with Gasteiger partial charge >= 0.3 is 5.97 Å². The Morgan fingerprint density at radius 3 is 2.39 bits per heavy atom. The molecule has 0 bridgehead atoms. The lowest BCUT2D eigenvalue weighted by Gasteiger charge is -2.41. The van der Waals surface area contributed by atoms with E-state index in [0.717, 1.165) is 5.52 Å². The van der Waals surface area contributed by atoms with Crippen LogP contribution in [0.1, 0.15) is 35.3 Å². The van der Waals surface area contributed by atoms with Gasteiger partial charge in [-0.15, -0.1) is 0 Å². The van der Waals surface area contributed by atoms with Crippen molar-refractivity contribution in [3.63, 3.8) is 0 Å². The van der Waals surface area contributed by atoms with Crippen molar-refractivity contribution in [1.82, 2.24) is 9.88 Å². The maximum absolute atomic E-state index is 13.2. The summed E-state index contributed by atoms with van der Waals surface area (Å²) in [7, 11) is 0. The number of hydrogen-bond acceptors (Lipinski definition) is 3. The van der Waals surface area contributed by atoms with Gasteiger partial charge in [-0.1, -0.05) is 78.9 Å². The van der Waals surface area contributed by atoms with Crippen molar-refractivity contribution >= 4 is 16.9 Å². The Bertz CT molecular complexity index is 1180. The molecular formula is C27H26N2O2. The van der Waals surface area contributed by atoms with E-state index in [0.29, 0.717) is 19.6 Å². The predicted octanol–water partition coefficient (Wildman–Crippen LogP) is 5.25. The van der Waals surface area contributed by atoms with E-state index in [1.165, 1.54) is 27.8 Å². The van der Waals surface area contributed by atoms with Crippen LogP contribution in [0.4, 0.5) is 0 Å². The van der Waals surface area contributed by atoms with E-state index in [1.807, 2.05) is 37.3 Å². The normalized spacial score (nSPS) is 18.6. The number of hydrogen-bond donors (Lipinski definition) is 1. The van der Waals surface area contributed by atoms with Gasteiger partial charge in [0.25, 0.3) is 0 Å². The molecule has 4 heteroatoms. The van der Waals surface area contributed by atoms with Gasteiger partial charge in [0.1, 0.15) is 6.04 Å². The Labute approximate surface area is 182 Å². The molecule has 156 valence electrons. The number of esters is 1. The Hall–Kier alpha value is -3.37. The quantitative estimate of drug-likeness (QED) is 0.457. The Balaban J connectivity index is 1.69. The third kappa shape index (κ3) is 3.64. The fraction of sp³-hybridized carbons (Fsp3) is 0.222. The molecule has 2 atom stereocenters. The minimum atomic E-state index is -0.350. The fourth-order valence-electron chi connectivity index (χ4n) is 4.78. The van der Waals surface area contributed by atoms with Crippen molar-refractivity contribution in [2.45, 2.75) is 32.0 Å². The molecule has 0 radical (unpaired) electrons. The first-order valence-corrected chi connectivity index (χ1v) is 10.9. The van der Waals surface area contributed by atoms with Crippen LogP contribution in [0.5, 0.6) is 0 Å². The molecule has 31 heavy (non-hydrogen) atoms. The molecule has 5 rings (SSSR count). The fourth-order valence-corrected chi connectivity index (χ4v) is 4.78. The van der Waals surface area contributed by atoms with E-state index in [-0.39, 0.29) is 18.1 Å². The Morgan fingerprint density at radius 1 is 0.968 bits per heavy atom. The summed E-state index contributed by atoms with van der Waals surface area (Å²) in [5, 5.41) is 1.19. The smallest absolute Gasteiger partial charge is 0.323 e. The van der Waals surface area contributed by atoms with Crippen LogP contribution >= 0.6 is 0 Å². The number of fused-ring (bicyclic) bond motifs is 3. The average molecular weight is 411 g/mol. The number of carbonyl (C=O) groups is 1. The summed E-state index contributed by atoms with van der Waals surface area (Å²) in [6.45, 7) is 2.91. The summed E-state index contributed by atoms with van der Waals surface area (Å²) in [6.07, 6.45) is 0.633. The highest BCUT2D eigenvalue weighted by atomic mass is 16.5. The number of aromatic amines is 1. The van der Waals surface area contributed by atoms with E-state index in [9.17, 15) is 4.79 Å². The SMILES string of the molecule is CCOC(=O)[C@@H]1Cc2c([nH]c3ccccc23)[C@H](c2ccccc2)N1Cc1ccccc1. The molecular weight excluding hydrogens is 384 g/mol. The van der Waals surface area contributed by atoms with Crippen LogP contribution in [0.25, 0.3) is 10.9 Å². The van der Waals surface area contributed by atoms with E-state index in [2.05, 4.69) is 64.5 Å². The minimum Gasteiger partial charge on any atom is -0.465 e. The molecule has 0 saturated carbocycles. The third-order valence-corrected chi connectivity index (χ3v) is 6.13. The van der Waals surface area contributed by atoms with Gasteiger partial charge in [-0.3, -0.25) is 9.69 Å². The first-order valence-electron chi connectivity index (χ1n) is 10.9. The summed E-state index contributed by atoms with van der Waals surface area (Å²) in [5.74, 6) is -0.157. The maximum Gasteiger partial charge on any atom is 0.323 e. The molecule has 1 N–H and O–H groups in total. The van der Waals surface area contributed by atoms with Crippen LogP contribution in [-0.2, 0) is 22.5 Å². The van der Waals surface area contributed by atoms with Crippen LogP contribution in [-0.4, -0.2) is 28.5 Å². The molecule has 4 nitrogen and oxygen atoms in total. The standard InChI is InChI=1S/C27H26N2O2/c1-2-31-27(30)24-17-22-21-15-9-10-16-23(21)28-25(22)26(20-13-7-4-8-14-20)29(24)18-19-11-5-3-6-12-19/h3-16,24,26,28H,2,17-18H2,1H3/t24-,26-/m0/s1. The predicted molar refractivity (Wildman–Crippen MR) is 123 cm³/mol. The van der Waals surface area contributed by atoms with Gasteiger partial charge < -0.3 is 9.72 Å². The molecule has 1 aromatic heterocycles. The highest BCUT2D eigenvalue weighted by molar-refractivity contribution is 5.87. The summed E-state index contributed by atoms with van der Waals surface area (Å²) in [5.41, 5.74) is 5.84. The van der Waals surface area contributed by atoms with E-state index in [1.54, 1.807) is 0 Å². The van der Waals surface area contributed by atoms with Crippen LogP contribution in [0.15, 0.2) is 84.9 Å². The van der Waals surface area contributed by atoms with Crippen molar-refractivity contribution in [3.05, 3.63) is 107 Å². The van der Waals surface area contributed by atoms with Gasteiger partial charge in [0.15, 0.2) is 0 Å². The van der Waals surface area contributed by atoms with Gasteiger partial charge in [-0.2, -0.15) is 0 Å². The van der Waals surface area contributed by atoms with Crippen LogP contribution in [0.3, 0.4) is 0 Å². The lowest BCUT2D eigenvalue weighted by Crippen LogP contribution is -2.48. The van der Waals surface area contributed by atoms with Crippen molar-refractivity contribution in [2.75, 3.05) is 6.61 Å². The topological polar surface area (TPSA) is 45.3 Å². The van der Waals surface area contributed by atoms with Crippen LogP contribution < -0.4 is 0 Å². The lowest BCUT2D eigenvalue weighted by molar-refractivity contribution is -0.151. The zero-order valence-electron chi connectivity index (χ0n) is 17.6. The number of H-pyrrole nitrogens is 1. The number of carbonyl (C=O) groups excluding carboxylic acids is 1. The number of benzene rings is 3. The average Bonchev–Trinajstić information content (AvgIpc) is 3.18. The second kappa shape index (κ2) is 8.40. The molecule has 0 unspecified atom stereocenters. The zero-order valence-corrected chi connectivity index (χ0v) is 17.6. The van der Waals surface area contributed by atoms with Crippen LogP contribution in [0.2, 0.25) is 0 Å². The first kappa shape index (κ1) is 19.6. The molecule has 4 aromatic rings. The van der Waals surface area contributed by atoms with Crippen molar-refractivity contribution in [1.29, 1.82) is 0 Å². The summed E-state index contributed by atoms with van der Waals surface area (Å²) in [6, 6.07) is 28.7. The number of ether oxygens (including phenoxy) is 1. The lowest BCUT2D eigenvalue weighted by atomic mass is 9.87. The Morgan fingerprint density at radius 2 is 1.65 bits per heavy atom. The Kier molecular flexibility index (Phi) is 5.31. The van der Waals surface area contributed by atoms with Crippen molar-refractivity contribution < 1.29 is 9.53 Å². The second-order valence-electron chi connectivity index (χ2n) is 8.01. The van der Waals surface area contributed by atoms with Gasteiger partial charge in [0.05, 0.1) is 12.6 Å². The number of para-hydroxylation sites is 1. The molecule has 0 spiro atoms. The largest absolute Gasteiger partial charge is 0.465 e. The number of nitrogens with one attached hydrogen (secondary N) is 1. The van der Waals surface area contributed by atoms with Gasteiger partial charge in [-0.05, 0) is 29.7 Å². The van der Waals surface area contributed by atoms with E-state index < -0.39 is 0 Å². The minimum absolute atomic E-state index is 0.0630. The number of rotatable bonds is 5. The molecule has 0 saturated heterocycles. The molecule has 0 aliphatic carbocycles. The highest BCUT2D eigenvalue weighted by Gasteiger charge is 2.41. The van der Waals surface area contributed by atoms with Gasteiger partial charge in [0, 0.05) is 29.6 Å². The number of nitrogens with zero attached hydrogens (tertiary/aromatic N) is 1. The van der Waals surface area contributed by atoms with Gasteiger partial charge in [-0.25, -0.2) is 0 Å². The van der Waals surface area contributed by atoms with Gasteiger partial charge in [0.2, 0.25) is 0 Å². The van der Waals surface area contributed by atoms with E-state index >= 15 is 0 Å². The monoisotopic (exact) mass is 410 g/mol. The van der Waals surface area contributed by atoms with Crippen LogP contribution in [0, 0.1) is 0 Å². The molecule has 0 amide bonds. The maximum atomic E-state index is 13.2. The second-order valence-corrected chi connectivity index (χ2v) is 8.01. The van der Waals surface area contributed by atoms with Crippen molar-refractivity contribution in [2.24, 2.45) is 0 Å². The summed E-state index contributed by atoms with van der Waals surface area (Å²) < 4.78 is 5.55. The first-order chi connectivity index (χ1) is 15.3. The third-order valence-electron chi connectivity index (χ3n) is 6.13. The molecule has 3 aromatic carbocycles. The number of aromatic nitrogens is 1. The molecule has 1 aliphatic rings.